The summed E-state index contributed by atoms with van der Waals surface area (Å²) in [4.78, 5) is 16.3. The minimum Gasteiger partial charge on any atom is -0.482 e. The Morgan fingerprint density at radius 3 is 2.76 bits per heavy atom. The Balaban J connectivity index is 1.50. The van der Waals surface area contributed by atoms with Crippen LogP contribution in [0.15, 0.2) is 42.7 Å². The fraction of sp³-hybridized carbons (Fsp3) is 0.176. The summed E-state index contributed by atoms with van der Waals surface area (Å²) in [7, 11) is 0. The Kier molecular flexibility index (Phi) is 5.68. The lowest BCUT2D eigenvalue weighted by Crippen LogP contribution is -2.30. The minimum atomic E-state index is -0.232. The number of nitrogens with zero attached hydrogens (tertiary/aromatic N) is 2. The van der Waals surface area contributed by atoms with E-state index in [4.69, 9.17) is 39.5 Å². The van der Waals surface area contributed by atoms with Crippen molar-refractivity contribution in [2.24, 2.45) is 0 Å². The highest BCUT2D eigenvalue weighted by atomic mass is 35.5. The van der Waals surface area contributed by atoms with Crippen molar-refractivity contribution >= 4 is 46.4 Å². The third-order valence-electron chi connectivity index (χ3n) is 3.42. The number of nitrogens with one attached hydrogen (secondary N) is 1. The van der Waals surface area contributed by atoms with Crippen molar-refractivity contribution in [3.8, 4) is 5.75 Å². The van der Waals surface area contributed by atoms with Gasteiger partial charge in [-0.15, -0.1) is 0 Å². The highest BCUT2D eigenvalue weighted by molar-refractivity contribution is 6.36. The van der Waals surface area contributed by atoms with E-state index in [1.807, 2.05) is 6.20 Å². The molecule has 130 valence electrons. The van der Waals surface area contributed by atoms with Crippen LogP contribution in [0, 0.1) is 0 Å². The fourth-order valence-corrected chi connectivity index (χ4v) is 3.00. The fourth-order valence-electron chi connectivity index (χ4n) is 2.28. The van der Waals surface area contributed by atoms with Crippen LogP contribution < -0.4 is 10.1 Å². The molecule has 0 radical (unpaired) electrons. The summed E-state index contributed by atoms with van der Waals surface area (Å²) in [5.41, 5.74) is 1.44. The average Bonchev–Trinajstić information content (AvgIpc) is 2.97. The number of halogens is 3. The van der Waals surface area contributed by atoms with Gasteiger partial charge in [-0.2, -0.15) is 0 Å². The van der Waals surface area contributed by atoms with E-state index in [9.17, 15) is 4.79 Å². The molecule has 8 heteroatoms. The summed E-state index contributed by atoms with van der Waals surface area (Å²) in [5, 5.41) is 4.26. The third-order valence-corrected chi connectivity index (χ3v) is 4.22. The van der Waals surface area contributed by atoms with E-state index in [1.165, 1.54) is 0 Å². The predicted octanol–water partition coefficient (Wildman–Crippen LogP) is 4.03. The van der Waals surface area contributed by atoms with E-state index in [-0.39, 0.29) is 12.5 Å². The van der Waals surface area contributed by atoms with Crippen molar-refractivity contribution in [2.45, 2.75) is 6.42 Å². The zero-order chi connectivity index (χ0) is 17.8. The highest BCUT2D eigenvalue weighted by Gasteiger charge is 2.08. The van der Waals surface area contributed by atoms with Crippen LogP contribution in [0.4, 0.5) is 0 Å². The molecule has 2 aromatic heterocycles. The van der Waals surface area contributed by atoms with Crippen LogP contribution in [-0.2, 0) is 11.2 Å². The summed E-state index contributed by atoms with van der Waals surface area (Å²) < 4.78 is 7.15. The second-order valence-corrected chi connectivity index (χ2v) is 6.54. The molecule has 0 unspecified atom stereocenters. The lowest BCUT2D eigenvalue weighted by atomic mass is 10.3. The van der Waals surface area contributed by atoms with Crippen molar-refractivity contribution in [1.82, 2.24) is 14.7 Å². The highest BCUT2D eigenvalue weighted by Crippen LogP contribution is 2.23. The maximum absolute atomic E-state index is 11.8. The number of hydrogen-bond donors (Lipinski definition) is 1. The van der Waals surface area contributed by atoms with Crippen molar-refractivity contribution in [1.29, 1.82) is 0 Å². The number of pyridine rings is 1. The van der Waals surface area contributed by atoms with Gasteiger partial charge in [-0.25, -0.2) is 4.98 Å². The van der Waals surface area contributed by atoms with Crippen LogP contribution in [0.5, 0.6) is 5.75 Å². The molecule has 25 heavy (non-hydrogen) atoms. The SMILES string of the molecule is O=C(COc1ccccc1Cl)NCCc1cn2cc(Cl)cc(Cl)c2n1. The second-order valence-electron chi connectivity index (χ2n) is 5.29. The third kappa shape index (κ3) is 4.57. The topological polar surface area (TPSA) is 55.6 Å². The molecule has 5 nitrogen and oxygen atoms in total. The minimum absolute atomic E-state index is 0.101. The largest absolute Gasteiger partial charge is 0.482 e. The monoisotopic (exact) mass is 397 g/mol. The van der Waals surface area contributed by atoms with Crippen LogP contribution in [0.1, 0.15) is 5.69 Å². The molecular formula is C17H14Cl3N3O2. The van der Waals surface area contributed by atoms with Gasteiger partial charge in [0.1, 0.15) is 5.75 Å². The van der Waals surface area contributed by atoms with Gasteiger partial charge < -0.3 is 14.5 Å². The lowest BCUT2D eigenvalue weighted by Gasteiger charge is -2.08. The quantitative estimate of drug-likeness (QED) is 0.682. The van der Waals surface area contributed by atoms with Crippen LogP contribution in [0.25, 0.3) is 5.65 Å². The van der Waals surface area contributed by atoms with Gasteiger partial charge in [-0.05, 0) is 18.2 Å². The Bertz CT molecular complexity index is 911. The molecular weight excluding hydrogens is 385 g/mol. The molecule has 1 aromatic carbocycles. The zero-order valence-corrected chi connectivity index (χ0v) is 15.3. The molecule has 0 aliphatic heterocycles. The first-order chi connectivity index (χ1) is 12.0. The van der Waals surface area contributed by atoms with Gasteiger partial charge in [-0.1, -0.05) is 46.9 Å². The molecule has 0 aliphatic rings. The molecule has 2 heterocycles. The molecule has 0 fully saturated rings. The van der Waals surface area contributed by atoms with Gasteiger partial charge >= 0.3 is 0 Å². The number of imidazole rings is 1. The smallest absolute Gasteiger partial charge is 0.257 e. The Morgan fingerprint density at radius 1 is 1.16 bits per heavy atom. The molecule has 0 saturated heterocycles. The van der Waals surface area contributed by atoms with E-state index in [0.717, 1.165) is 5.69 Å². The number of rotatable bonds is 6. The molecule has 0 aliphatic carbocycles. The van der Waals surface area contributed by atoms with Gasteiger partial charge in [0, 0.05) is 25.4 Å². The first-order valence-corrected chi connectivity index (χ1v) is 8.63. The van der Waals surface area contributed by atoms with E-state index < -0.39 is 0 Å². The number of carbonyl (C=O) groups excluding carboxylic acids is 1. The molecule has 0 spiro atoms. The van der Waals surface area contributed by atoms with E-state index in [0.29, 0.717) is 39.4 Å². The van der Waals surface area contributed by atoms with Crippen LogP contribution in [-0.4, -0.2) is 28.4 Å². The number of carbonyl (C=O) groups is 1. The maximum atomic E-state index is 11.8. The number of ether oxygens (including phenoxy) is 1. The van der Waals surface area contributed by atoms with Gasteiger partial charge in [0.2, 0.25) is 0 Å². The molecule has 0 atom stereocenters. The number of amides is 1. The first kappa shape index (κ1) is 17.9. The molecule has 0 saturated carbocycles. The number of aromatic nitrogens is 2. The van der Waals surface area contributed by atoms with Crippen molar-refractivity contribution < 1.29 is 9.53 Å². The number of fused-ring (bicyclic) bond motifs is 1. The second kappa shape index (κ2) is 7.95. The Hall–Kier alpha value is -1.95. The summed E-state index contributed by atoms with van der Waals surface area (Å²) >= 11 is 18.0. The van der Waals surface area contributed by atoms with E-state index in [1.54, 1.807) is 40.9 Å². The molecule has 3 aromatic rings. The summed E-state index contributed by atoms with van der Waals surface area (Å²) in [5.74, 6) is 0.246. The van der Waals surface area contributed by atoms with Crippen molar-refractivity contribution in [3.63, 3.8) is 0 Å². The summed E-state index contributed by atoms with van der Waals surface area (Å²) in [6.45, 7) is 0.330. The summed E-state index contributed by atoms with van der Waals surface area (Å²) in [6.07, 6.45) is 4.13. The van der Waals surface area contributed by atoms with E-state index in [2.05, 4.69) is 10.3 Å². The standard InChI is InChI=1S/C17H14Cl3N3O2/c18-11-7-14(20)17-22-12(9-23(17)8-11)5-6-21-16(24)10-25-15-4-2-1-3-13(15)19/h1-4,7-9H,5-6,10H2,(H,21,24). The number of hydrogen-bond acceptors (Lipinski definition) is 3. The maximum Gasteiger partial charge on any atom is 0.257 e. The van der Waals surface area contributed by atoms with Crippen molar-refractivity contribution in [3.05, 3.63) is 63.5 Å². The average molecular weight is 399 g/mol. The van der Waals surface area contributed by atoms with Gasteiger partial charge in [0.25, 0.3) is 5.91 Å². The predicted molar refractivity (Wildman–Crippen MR) is 98.9 cm³/mol. The lowest BCUT2D eigenvalue weighted by molar-refractivity contribution is -0.123. The number of benzene rings is 1. The van der Waals surface area contributed by atoms with Gasteiger partial charge in [-0.3, -0.25) is 4.79 Å². The van der Waals surface area contributed by atoms with Crippen LogP contribution >= 0.6 is 34.8 Å². The molecule has 3 rings (SSSR count). The van der Waals surface area contributed by atoms with Gasteiger partial charge in [0.15, 0.2) is 12.3 Å². The molecule has 0 bridgehead atoms. The zero-order valence-electron chi connectivity index (χ0n) is 13.0. The van der Waals surface area contributed by atoms with Crippen molar-refractivity contribution in [2.75, 3.05) is 13.2 Å². The van der Waals surface area contributed by atoms with Crippen LogP contribution in [0.3, 0.4) is 0 Å². The molecule has 1 N–H and O–H groups in total. The Labute approximate surface area is 159 Å². The Morgan fingerprint density at radius 2 is 1.96 bits per heavy atom. The normalized spacial score (nSPS) is 10.8. The van der Waals surface area contributed by atoms with E-state index >= 15 is 0 Å². The molecule has 1 amide bonds. The van der Waals surface area contributed by atoms with Gasteiger partial charge in [0.05, 0.1) is 20.8 Å². The van der Waals surface area contributed by atoms with Crippen LogP contribution in [0.2, 0.25) is 15.1 Å². The summed E-state index contributed by atoms with van der Waals surface area (Å²) in [6, 6.07) is 8.64. The first-order valence-electron chi connectivity index (χ1n) is 7.49. The number of para-hydroxylation sites is 1.